The standard InChI is InChI=1S/C22H18N4O5/c1-29-13-6-4-5-12(9-13)20-19-18(15(10-23)21(24)31-22(19)26-25-20)14-7-2-3-8-16(14)30-11-17(27)28/h2-9,18H,11,24H2,1H3,(H,25,26)(H,27,28). The summed E-state index contributed by atoms with van der Waals surface area (Å²) in [4.78, 5) is 11.0. The number of aromatic amines is 1. The van der Waals surface area contributed by atoms with Crippen LogP contribution >= 0.6 is 0 Å². The second-order valence-corrected chi connectivity index (χ2v) is 6.69. The lowest BCUT2D eigenvalue weighted by Crippen LogP contribution is -2.21. The van der Waals surface area contributed by atoms with Crippen LogP contribution in [0.3, 0.4) is 0 Å². The minimum atomic E-state index is -1.11. The Morgan fingerprint density at radius 2 is 2.13 bits per heavy atom. The van der Waals surface area contributed by atoms with Gasteiger partial charge in [-0.1, -0.05) is 30.3 Å². The van der Waals surface area contributed by atoms with Crippen LogP contribution in [0.2, 0.25) is 0 Å². The Morgan fingerprint density at radius 3 is 2.87 bits per heavy atom. The lowest BCUT2D eigenvalue weighted by atomic mass is 9.82. The quantitative estimate of drug-likeness (QED) is 0.554. The molecular weight excluding hydrogens is 400 g/mol. The highest BCUT2D eigenvalue weighted by Crippen LogP contribution is 2.48. The number of aromatic nitrogens is 2. The maximum absolute atomic E-state index is 11.0. The number of nitrogens with two attached hydrogens (primary N) is 1. The zero-order valence-electron chi connectivity index (χ0n) is 16.5. The summed E-state index contributed by atoms with van der Waals surface area (Å²) in [6, 6.07) is 16.3. The number of H-pyrrole nitrogens is 1. The van der Waals surface area contributed by atoms with E-state index in [1.165, 1.54) is 0 Å². The molecule has 1 atom stereocenters. The van der Waals surface area contributed by atoms with Crippen LogP contribution in [0.5, 0.6) is 17.4 Å². The predicted molar refractivity (Wildman–Crippen MR) is 109 cm³/mol. The highest BCUT2D eigenvalue weighted by molar-refractivity contribution is 5.73. The molecule has 2 heterocycles. The molecule has 0 fully saturated rings. The molecule has 1 unspecified atom stereocenters. The minimum Gasteiger partial charge on any atom is -0.497 e. The largest absolute Gasteiger partial charge is 0.497 e. The van der Waals surface area contributed by atoms with E-state index >= 15 is 0 Å². The number of aliphatic carboxylic acids is 1. The fourth-order valence-corrected chi connectivity index (χ4v) is 3.54. The molecule has 0 saturated carbocycles. The summed E-state index contributed by atoms with van der Waals surface area (Å²) in [6.07, 6.45) is 0. The molecule has 0 saturated heterocycles. The summed E-state index contributed by atoms with van der Waals surface area (Å²) in [5.41, 5.74) is 8.74. The number of carboxylic acid groups (broad SMARTS) is 1. The molecule has 1 aromatic heterocycles. The molecule has 1 aliphatic heterocycles. The van der Waals surface area contributed by atoms with E-state index < -0.39 is 18.5 Å². The summed E-state index contributed by atoms with van der Waals surface area (Å²) < 4.78 is 16.4. The van der Waals surface area contributed by atoms with Crippen LogP contribution in [0.25, 0.3) is 11.3 Å². The smallest absolute Gasteiger partial charge is 0.341 e. The van der Waals surface area contributed by atoms with Gasteiger partial charge in [0.1, 0.15) is 23.1 Å². The first-order chi connectivity index (χ1) is 15.0. The first kappa shape index (κ1) is 19.8. The number of methoxy groups -OCH3 is 1. The van der Waals surface area contributed by atoms with E-state index in [2.05, 4.69) is 16.3 Å². The number of carboxylic acids is 1. The number of allylic oxidation sites excluding steroid dienone is 1. The topological polar surface area (TPSA) is 143 Å². The summed E-state index contributed by atoms with van der Waals surface area (Å²) in [5, 5.41) is 26.1. The van der Waals surface area contributed by atoms with Gasteiger partial charge in [-0.2, -0.15) is 5.26 Å². The summed E-state index contributed by atoms with van der Waals surface area (Å²) in [7, 11) is 1.57. The molecular formula is C22H18N4O5. The summed E-state index contributed by atoms with van der Waals surface area (Å²) in [6.45, 7) is -0.525. The number of hydrogen-bond donors (Lipinski definition) is 3. The van der Waals surface area contributed by atoms with Crippen LogP contribution in [0.1, 0.15) is 17.0 Å². The Morgan fingerprint density at radius 1 is 1.32 bits per heavy atom. The Balaban J connectivity index is 1.91. The highest BCUT2D eigenvalue weighted by atomic mass is 16.5. The average Bonchev–Trinajstić information content (AvgIpc) is 3.20. The third kappa shape index (κ3) is 3.62. The van der Waals surface area contributed by atoms with Crippen molar-refractivity contribution in [1.29, 1.82) is 5.26 Å². The number of nitriles is 1. The first-order valence-electron chi connectivity index (χ1n) is 9.27. The van der Waals surface area contributed by atoms with Gasteiger partial charge in [-0.25, -0.2) is 4.79 Å². The monoisotopic (exact) mass is 418 g/mol. The molecule has 0 bridgehead atoms. The van der Waals surface area contributed by atoms with E-state index in [9.17, 15) is 10.1 Å². The SMILES string of the molecule is COc1cccc(-c2[nH]nc3c2C(c2ccccc2OCC(=O)O)C(C#N)=C(N)O3)c1. The van der Waals surface area contributed by atoms with E-state index in [4.69, 9.17) is 25.1 Å². The first-order valence-corrected chi connectivity index (χ1v) is 9.27. The predicted octanol–water partition coefficient (Wildman–Crippen LogP) is 2.77. The molecule has 0 aliphatic carbocycles. The van der Waals surface area contributed by atoms with Crippen molar-refractivity contribution in [2.24, 2.45) is 5.73 Å². The van der Waals surface area contributed by atoms with Crippen LogP contribution in [0, 0.1) is 11.3 Å². The number of nitrogens with zero attached hydrogens (tertiary/aromatic N) is 2. The van der Waals surface area contributed by atoms with Gasteiger partial charge in [0.05, 0.1) is 24.3 Å². The second kappa shape index (κ2) is 8.12. The van der Waals surface area contributed by atoms with Crippen molar-refractivity contribution >= 4 is 5.97 Å². The van der Waals surface area contributed by atoms with E-state index in [0.717, 1.165) is 5.56 Å². The van der Waals surface area contributed by atoms with E-state index in [0.29, 0.717) is 28.3 Å². The Bertz CT molecular complexity index is 1220. The van der Waals surface area contributed by atoms with Crippen molar-refractivity contribution in [2.75, 3.05) is 13.7 Å². The van der Waals surface area contributed by atoms with E-state index in [1.807, 2.05) is 24.3 Å². The minimum absolute atomic E-state index is 0.0725. The number of rotatable bonds is 6. The summed E-state index contributed by atoms with van der Waals surface area (Å²) >= 11 is 0. The van der Waals surface area contributed by atoms with Crippen molar-refractivity contribution in [2.45, 2.75) is 5.92 Å². The summed E-state index contributed by atoms with van der Waals surface area (Å²) in [5.74, 6) is -0.669. The molecule has 1 aliphatic rings. The Labute approximate surface area is 177 Å². The molecule has 2 aromatic carbocycles. The van der Waals surface area contributed by atoms with Crippen LogP contribution in [-0.4, -0.2) is 35.0 Å². The van der Waals surface area contributed by atoms with Crippen molar-refractivity contribution < 1.29 is 24.1 Å². The highest BCUT2D eigenvalue weighted by Gasteiger charge is 2.37. The van der Waals surface area contributed by atoms with Gasteiger partial charge < -0.3 is 25.1 Å². The normalized spacial score (nSPS) is 14.9. The third-order valence-electron chi connectivity index (χ3n) is 4.88. The van der Waals surface area contributed by atoms with Gasteiger partial charge >= 0.3 is 5.97 Å². The zero-order valence-corrected chi connectivity index (χ0v) is 16.5. The van der Waals surface area contributed by atoms with Gasteiger partial charge in [-0.05, 0) is 18.2 Å². The number of benzene rings is 2. The van der Waals surface area contributed by atoms with Crippen LogP contribution in [0.15, 0.2) is 60.0 Å². The third-order valence-corrected chi connectivity index (χ3v) is 4.88. The zero-order chi connectivity index (χ0) is 22.0. The van der Waals surface area contributed by atoms with Crippen molar-refractivity contribution in [1.82, 2.24) is 10.2 Å². The average molecular weight is 418 g/mol. The van der Waals surface area contributed by atoms with Crippen LogP contribution in [0.4, 0.5) is 0 Å². The lowest BCUT2D eigenvalue weighted by molar-refractivity contribution is -0.139. The Kier molecular flexibility index (Phi) is 5.20. The maximum Gasteiger partial charge on any atom is 0.341 e. The number of nitrogens with one attached hydrogen (secondary N) is 1. The van der Waals surface area contributed by atoms with Gasteiger partial charge in [-0.3, -0.25) is 5.10 Å². The molecule has 4 rings (SSSR count). The fraction of sp³-hybridized carbons (Fsp3) is 0.136. The van der Waals surface area contributed by atoms with Crippen LogP contribution in [-0.2, 0) is 4.79 Å². The number of ether oxygens (including phenoxy) is 3. The molecule has 31 heavy (non-hydrogen) atoms. The van der Waals surface area contributed by atoms with Crippen molar-refractivity contribution in [3.8, 4) is 34.7 Å². The van der Waals surface area contributed by atoms with E-state index in [1.54, 1.807) is 31.4 Å². The van der Waals surface area contributed by atoms with Gasteiger partial charge in [0.15, 0.2) is 6.61 Å². The molecule has 0 radical (unpaired) electrons. The van der Waals surface area contributed by atoms with Gasteiger partial charge in [0, 0.05) is 11.1 Å². The second-order valence-electron chi connectivity index (χ2n) is 6.69. The van der Waals surface area contributed by atoms with E-state index in [-0.39, 0.29) is 17.3 Å². The van der Waals surface area contributed by atoms with Gasteiger partial charge in [-0.15, -0.1) is 5.10 Å². The molecule has 9 nitrogen and oxygen atoms in total. The number of para-hydroxylation sites is 1. The number of fused-ring (bicyclic) bond motifs is 1. The molecule has 0 amide bonds. The van der Waals surface area contributed by atoms with Crippen molar-refractivity contribution in [3.63, 3.8) is 0 Å². The lowest BCUT2D eigenvalue weighted by Gasteiger charge is -2.25. The Hall–Kier alpha value is -4.45. The fourth-order valence-electron chi connectivity index (χ4n) is 3.54. The maximum atomic E-state index is 11.0. The van der Waals surface area contributed by atoms with Gasteiger partial charge in [0.25, 0.3) is 0 Å². The number of hydrogen-bond acceptors (Lipinski definition) is 7. The molecule has 4 N–H and O–H groups in total. The van der Waals surface area contributed by atoms with Crippen LogP contribution < -0.4 is 19.9 Å². The van der Waals surface area contributed by atoms with Crippen molar-refractivity contribution in [3.05, 3.63) is 71.1 Å². The molecule has 0 spiro atoms. The molecule has 156 valence electrons. The van der Waals surface area contributed by atoms with Gasteiger partial charge in [0.2, 0.25) is 11.8 Å². The number of carbonyl (C=O) groups is 1. The molecule has 3 aromatic rings. The molecule has 9 heteroatoms.